The van der Waals surface area contributed by atoms with E-state index in [1.54, 1.807) is 4.31 Å². The molecular formula is C12H22N2O3S. The van der Waals surface area contributed by atoms with Crippen LogP contribution in [-0.2, 0) is 15.0 Å². The Labute approximate surface area is 109 Å². The predicted octanol–water partition coefficient (Wildman–Crippen LogP) is 1.02. The SMILES string of the molecule is CCC1CN(S(=O)(=O)N2CCCCC2)CCC1=O. The van der Waals surface area contributed by atoms with Gasteiger partial charge in [0.2, 0.25) is 0 Å². The average molecular weight is 274 g/mol. The number of hydrogen-bond donors (Lipinski definition) is 0. The normalized spacial score (nSPS) is 28.5. The fourth-order valence-corrected chi connectivity index (χ4v) is 4.44. The molecule has 2 fully saturated rings. The zero-order valence-corrected chi connectivity index (χ0v) is 11.8. The van der Waals surface area contributed by atoms with Crippen LogP contribution >= 0.6 is 0 Å². The van der Waals surface area contributed by atoms with Gasteiger partial charge in [-0.25, -0.2) is 0 Å². The fourth-order valence-electron chi connectivity index (χ4n) is 2.70. The van der Waals surface area contributed by atoms with E-state index in [1.165, 1.54) is 4.31 Å². The molecule has 2 heterocycles. The molecule has 18 heavy (non-hydrogen) atoms. The first-order valence-electron chi connectivity index (χ1n) is 6.83. The van der Waals surface area contributed by atoms with Gasteiger partial charge >= 0.3 is 0 Å². The molecule has 0 N–H and O–H groups in total. The van der Waals surface area contributed by atoms with Crippen LogP contribution in [0.1, 0.15) is 39.0 Å². The lowest BCUT2D eigenvalue weighted by molar-refractivity contribution is -0.125. The summed E-state index contributed by atoms with van der Waals surface area (Å²) in [6.07, 6.45) is 4.10. The number of Topliss-reactive ketones (excluding diaryl/α,β-unsaturated/α-hetero) is 1. The maximum atomic E-state index is 12.4. The Morgan fingerprint density at radius 3 is 2.39 bits per heavy atom. The quantitative estimate of drug-likeness (QED) is 0.772. The summed E-state index contributed by atoms with van der Waals surface area (Å²) >= 11 is 0. The molecule has 0 radical (unpaired) electrons. The van der Waals surface area contributed by atoms with Gasteiger partial charge in [0.1, 0.15) is 5.78 Å². The zero-order chi connectivity index (χ0) is 13.2. The molecule has 5 nitrogen and oxygen atoms in total. The van der Waals surface area contributed by atoms with Crippen LogP contribution in [0.5, 0.6) is 0 Å². The predicted molar refractivity (Wildman–Crippen MR) is 69.3 cm³/mol. The number of hydrogen-bond acceptors (Lipinski definition) is 3. The van der Waals surface area contributed by atoms with E-state index in [2.05, 4.69) is 0 Å². The fraction of sp³-hybridized carbons (Fsp3) is 0.917. The molecule has 1 unspecified atom stereocenters. The smallest absolute Gasteiger partial charge is 0.282 e. The summed E-state index contributed by atoms with van der Waals surface area (Å²) in [6.45, 7) is 3.93. The highest BCUT2D eigenvalue weighted by atomic mass is 32.2. The summed E-state index contributed by atoms with van der Waals surface area (Å²) in [5.41, 5.74) is 0. The van der Waals surface area contributed by atoms with Crippen molar-refractivity contribution in [2.75, 3.05) is 26.2 Å². The molecule has 0 spiro atoms. The highest BCUT2D eigenvalue weighted by Gasteiger charge is 2.36. The molecule has 0 aromatic heterocycles. The Morgan fingerprint density at radius 1 is 1.11 bits per heavy atom. The molecular weight excluding hydrogens is 252 g/mol. The number of ketones is 1. The molecule has 0 aliphatic carbocycles. The summed E-state index contributed by atoms with van der Waals surface area (Å²) in [5, 5.41) is 0. The van der Waals surface area contributed by atoms with Gasteiger partial charge in [-0.15, -0.1) is 0 Å². The molecule has 2 saturated heterocycles. The number of nitrogens with zero attached hydrogens (tertiary/aromatic N) is 2. The van der Waals surface area contributed by atoms with Crippen molar-refractivity contribution in [3.63, 3.8) is 0 Å². The van der Waals surface area contributed by atoms with E-state index in [0.717, 1.165) is 25.7 Å². The summed E-state index contributed by atoms with van der Waals surface area (Å²) in [4.78, 5) is 11.6. The minimum atomic E-state index is -3.34. The van der Waals surface area contributed by atoms with E-state index >= 15 is 0 Å². The zero-order valence-electron chi connectivity index (χ0n) is 11.0. The highest BCUT2D eigenvalue weighted by Crippen LogP contribution is 2.22. The number of piperidine rings is 2. The molecule has 6 heteroatoms. The number of carbonyl (C=O) groups excluding carboxylic acids is 1. The summed E-state index contributed by atoms with van der Waals surface area (Å²) in [6, 6.07) is 0. The third kappa shape index (κ3) is 2.75. The maximum absolute atomic E-state index is 12.4. The number of rotatable bonds is 3. The molecule has 0 bridgehead atoms. The summed E-state index contributed by atoms with van der Waals surface area (Å²) in [7, 11) is -3.34. The second kappa shape index (κ2) is 5.67. The van der Waals surface area contributed by atoms with Crippen molar-refractivity contribution < 1.29 is 13.2 Å². The minimum absolute atomic E-state index is 0.113. The van der Waals surface area contributed by atoms with Crippen molar-refractivity contribution in [3.8, 4) is 0 Å². The highest BCUT2D eigenvalue weighted by molar-refractivity contribution is 7.86. The van der Waals surface area contributed by atoms with Gasteiger partial charge in [0.05, 0.1) is 0 Å². The van der Waals surface area contributed by atoms with Crippen LogP contribution in [0.3, 0.4) is 0 Å². The van der Waals surface area contributed by atoms with Crippen LogP contribution in [0.25, 0.3) is 0 Å². The van der Waals surface area contributed by atoms with Gasteiger partial charge in [-0.05, 0) is 19.3 Å². The van der Waals surface area contributed by atoms with E-state index in [9.17, 15) is 13.2 Å². The number of carbonyl (C=O) groups is 1. The van der Waals surface area contributed by atoms with Crippen molar-refractivity contribution in [2.45, 2.75) is 39.0 Å². The first-order valence-corrected chi connectivity index (χ1v) is 8.23. The van der Waals surface area contributed by atoms with Gasteiger partial charge < -0.3 is 0 Å². The van der Waals surface area contributed by atoms with Gasteiger partial charge in [-0.3, -0.25) is 4.79 Å². The van der Waals surface area contributed by atoms with Crippen LogP contribution in [0, 0.1) is 5.92 Å². The molecule has 0 aromatic rings. The average Bonchev–Trinajstić information content (AvgIpc) is 2.40. The van der Waals surface area contributed by atoms with Crippen molar-refractivity contribution >= 4 is 16.0 Å². The van der Waals surface area contributed by atoms with Crippen molar-refractivity contribution in [2.24, 2.45) is 5.92 Å². The molecule has 1 atom stereocenters. The standard InChI is InChI=1S/C12H22N2O3S/c1-2-11-10-14(9-6-12(11)15)18(16,17)13-7-4-3-5-8-13/h11H,2-10H2,1H3. The lowest BCUT2D eigenvalue weighted by atomic mass is 9.96. The summed E-state index contributed by atoms with van der Waals surface area (Å²) < 4.78 is 28.0. The minimum Gasteiger partial charge on any atom is -0.299 e. The lowest BCUT2D eigenvalue weighted by Crippen LogP contribution is -2.51. The Bertz CT molecular complexity index is 402. The van der Waals surface area contributed by atoms with Crippen LogP contribution in [-0.4, -0.2) is 49.0 Å². The third-order valence-corrected chi connectivity index (χ3v) is 5.95. The van der Waals surface area contributed by atoms with Gasteiger partial charge in [-0.2, -0.15) is 17.0 Å². The first-order chi connectivity index (χ1) is 8.55. The molecule has 0 aromatic carbocycles. The summed E-state index contributed by atoms with van der Waals surface area (Å²) in [5.74, 6) is 0.0981. The molecule has 0 saturated carbocycles. The molecule has 0 amide bonds. The Hall–Kier alpha value is -0.460. The van der Waals surface area contributed by atoms with Gasteiger partial charge in [0.15, 0.2) is 0 Å². The molecule has 2 rings (SSSR count). The van der Waals surface area contributed by atoms with Gasteiger partial charge in [0.25, 0.3) is 10.2 Å². The van der Waals surface area contributed by atoms with E-state index in [1.807, 2.05) is 6.92 Å². The van der Waals surface area contributed by atoms with Crippen molar-refractivity contribution in [1.82, 2.24) is 8.61 Å². The van der Waals surface area contributed by atoms with Gasteiger partial charge in [0, 0.05) is 38.5 Å². The third-order valence-electron chi connectivity index (χ3n) is 3.95. The Morgan fingerprint density at radius 2 is 1.78 bits per heavy atom. The second-order valence-electron chi connectivity index (χ2n) is 5.15. The largest absolute Gasteiger partial charge is 0.299 e. The van der Waals surface area contributed by atoms with Crippen molar-refractivity contribution in [1.29, 1.82) is 0 Å². The van der Waals surface area contributed by atoms with Crippen LogP contribution < -0.4 is 0 Å². The van der Waals surface area contributed by atoms with E-state index in [-0.39, 0.29) is 11.7 Å². The van der Waals surface area contributed by atoms with Crippen LogP contribution in [0.2, 0.25) is 0 Å². The topological polar surface area (TPSA) is 57.7 Å². The van der Waals surface area contributed by atoms with Crippen molar-refractivity contribution in [3.05, 3.63) is 0 Å². The Balaban J connectivity index is 2.07. The van der Waals surface area contributed by atoms with E-state index < -0.39 is 10.2 Å². The monoisotopic (exact) mass is 274 g/mol. The molecule has 2 aliphatic heterocycles. The Kier molecular flexibility index (Phi) is 4.40. The van der Waals surface area contributed by atoms with Crippen LogP contribution in [0.4, 0.5) is 0 Å². The van der Waals surface area contributed by atoms with Gasteiger partial charge in [-0.1, -0.05) is 13.3 Å². The molecule has 2 aliphatic rings. The van der Waals surface area contributed by atoms with Crippen LogP contribution in [0.15, 0.2) is 0 Å². The lowest BCUT2D eigenvalue weighted by Gasteiger charge is -2.35. The maximum Gasteiger partial charge on any atom is 0.282 e. The first kappa shape index (κ1) is 14.0. The molecule has 104 valence electrons. The van der Waals surface area contributed by atoms with E-state index in [4.69, 9.17) is 0 Å². The second-order valence-corrected chi connectivity index (χ2v) is 7.08. The van der Waals surface area contributed by atoms with E-state index in [0.29, 0.717) is 32.6 Å².